The molecule has 0 fully saturated rings. The van der Waals surface area contributed by atoms with Crippen LogP contribution in [0.2, 0.25) is 0 Å². The van der Waals surface area contributed by atoms with E-state index < -0.39 is 0 Å². The molecule has 0 aromatic rings. The van der Waals surface area contributed by atoms with Crippen LogP contribution in [0.15, 0.2) is 36.0 Å². The molecule has 0 spiro atoms. The van der Waals surface area contributed by atoms with Gasteiger partial charge < -0.3 is 0 Å². The lowest BCUT2D eigenvalue weighted by atomic mass is 10.0. The SMILES string of the molecule is C/C=C/C(=O)C1=CC=CCC1. The fourth-order valence-corrected chi connectivity index (χ4v) is 1.07. The van der Waals surface area contributed by atoms with E-state index in [1.165, 1.54) is 0 Å². The molecule has 1 rings (SSSR count). The molecule has 1 nitrogen and oxygen atoms in total. The van der Waals surface area contributed by atoms with Crippen LogP contribution in [0, 0.1) is 0 Å². The second kappa shape index (κ2) is 3.91. The fourth-order valence-electron chi connectivity index (χ4n) is 1.07. The zero-order chi connectivity index (χ0) is 8.10. The standard InChI is InChI=1S/C10H12O/c1-2-6-10(11)9-7-4-3-5-8-9/h2-4,6-7H,5,8H2,1H3/b6-2+. The first-order valence-electron chi connectivity index (χ1n) is 3.87. The van der Waals surface area contributed by atoms with Crippen LogP contribution in [-0.2, 0) is 4.79 Å². The quantitative estimate of drug-likeness (QED) is 0.549. The smallest absolute Gasteiger partial charge is 0.181 e. The maximum Gasteiger partial charge on any atom is 0.181 e. The van der Waals surface area contributed by atoms with Gasteiger partial charge in [0, 0.05) is 0 Å². The molecule has 0 saturated heterocycles. The zero-order valence-electron chi connectivity index (χ0n) is 6.71. The van der Waals surface area contributed by atoms with Gasteiger partial charge in [0.1, 0.15) is 0 Å². The molecule has 0 atom stereocenters. The Morgan fingerprint density at radius 2 is 2.45 bits per heavy atom. The van der Waals surface area contributed by atoms with E-state index in [1.54, 1.807) is 12.2 Å². The molecule has 1 heteroatoms. The second-order valence-electron chi connectivity index (χ2n) is 2.52. The van der Waals surface area contributed by atoms with Gasteiger partial charge in [-0.3, -0.25) is 4.79 Å². The molecule has 0 unspecified atom stereocenters. The van der Waals surface area contributed by atoms with Crippen LogP contribution in [-0.4, -0.2) is 5.78 Å². The average Bonchev–Trinajstić information content (AvgIpc) is 2.07. The molecule has 0 N–H and O–H groups in total. The maximum atomic E-state index is 11.2. The van der Waals surface area contributed by atoms with Gasteiger partial charge in [0.05, 0.1) is 0 Å². The van der Waals surface area contributed by atoms with Crippen molar-refractivity contribution >= 4 is 5.78 Å². The van der Waals surface area contributed by atoms with Crippen LogP contribution >= 0.6 is 0 Å². The lowest BCUT2D eigenvalue weighted by molar-refractivity contribution is -0.111. The first-order chi connectivity index (χ1) is 5.34. The molecular formula is C10H12O. The highest BCUT2D eigenvalue weighted by atomic mass is 16.1. The van der Waals surface area contributed by atoms with Crippen molar-refractivity contribution in [3.63, 3.8) is 0 Å². The predicted molar refractivity (Wildman–Crippen MR) is 46.3 cm³/mol. The van der Waals surface area contributed by atoms with E-state index in [1.807, 2.05) is 19.1 Å². The summed E-state index contributed by atoms with van der Waals surface area (Å²) in [4.78, 5) is 11.2. The summed E-state index contributed by atoms with van der Waals surface area (Å²) in [6.07, 6.45) is 11.2. The van der Waals surface area contributed by atoms with Gasteiger partial charge >= 0.3 is 0 Å². The van der Waals surface area contributed by atoms with Gasteiger partial charge in [-0.15, -0.1) is 0 Å². The van der Waals surface area contributed by atoms with Crippen molar-refractivity contribution in [1.29, 1.82) is 0 Å². The number of hydrogen-bond acceptors (Lipinski definition) is 1. The average molecular weight is 148 g/mol. The lowest BCUT2D eigenvalue weighted by Crippen LogP contribution is -1.99. The topological polar surface area (TPSA) is 17.1 Å². The summed E-state index contributed by atoms with van der Waals surface area (Å²) in [5.74, 6) is 0.150. The van der Waals surface area contributed by atoms with Crippen molar-refractivity contribution < 1.29 is 4.79 Å². The summed E-state index contributed by atoms with van der Waals surface area (Å²) in [6.45, 7) is 1.86. The number of allylic oxidation sites excluding steroid dienone is 6. The van der Waals surface area contributed by atoms with Crippen LogP contribution < -0.4 is 0 Å². The van der Waals surface area contributed by atoms with E-state index in [0.717, 1.165) is 18.4 Å². The molecule has 1 aliphatic carbocycles. The molecule has 1 aliphatic rings. The van der Waals surface area contributed by atoms with Gasteiger partial charge in [-0.25, -0.2) is 0 Å². The van der Waals surface area contributed by atoms with E-state index in [2.05, 4.69) is 6.08 Å². The summed E-state index contributed by atoms with van der Waals surface area (Å²) in [5, 5.41) is 0. The van der Waals surface area contributed by atoms with Crippen molar-refractivity contribution in [2.75, 3.05) is 0 Å². The Labute approximate surface area is 67.1 Å². The van der Waals surface area contributed by atoms with Gasteiger partial charge in [0.25, 0.3) is 0 Å². The summed E-state index contributed by atoms with van der Waals surface area (Å²) in [5.41, 5.74) is 0.922. The van der Waals surface area contributed by atoms with Gasteiger partial charge in [0.2, 0.25) is 0 Å². The summed E-state index contributed by atoms with van der Waals surface area (Å²) in [6, 6.07) is 0. The Balaban J connectivity index is 2.66. The van der Waals surface area contributed by atoms with Crippen molar-refractivity contribution in [1.82, 2.24) is 0 Å². The van der Waals surface area contributed by atoms with Crippen molar-refractivity contribution in [3.05, 3.63) is 36.0 Å². The summed E-state index contributed by atoms with van der Waals surface area (Å²) >= 11 is 0. The van der Waals surface area contributed by atoms with Gasteiger partial charge in [-0.1, -0.05) is 24.3 Å². The summed E-state index contributed by atoms with van der Waals surface area (Å²) in [7, 11) is 0. The van der Waals surface area contributed by atoms with Gasteiger partial charge in [0.15, 0.2) is 5.78 Å². The predicted octanol–water partition coefficient (Wildman–Crippen LogP) is 2.41. The van der Waals surface area contributed by atoms with Crippen molar-refractivity contribution in [2.24, 2.45) is 0 Å². The minimum absolute atomic E-state index is 0.150. The molecule has 11 heavy (non-hydrogen) atoms. The van der Waals surface area contributed by atoms with Gasteiger partial charge in [-0.2, -0.15) is 0 Å². The molecule has 58 valence electrons. The largest absolute Gasteiger partial charge is 0.290 e. The van der Waals surface area contributed by atoms with E-state index in [9.17, 15) is 4.79 Å². The second-order valence-corrected chi connectivity index (χ2v) is 2.52. The molecule has 0 aromatic heterocycles. The number of rotatable bonds is 2. The highest BCUT2D eigenvalue weighted by molar-refractivity contribution is 6.04. The fraction of sp³-hybridized carbons (Fsp3) is 0.300. The maximum absolute atomic E-state index is 11.2. The van der Waals surface area contributed by atoms with Crippen LogP contribution in [0.1, 0.15) is 19.8 Å². The minimum Gasteiger partial charge on any atom is -0.290 e. The Morgan fingerprint density at radius 1 is 1.64 bits per heavy atom. The minimum atomic E-state index is 0.150. The van der Waals surface area contributed by atoms with Crippen molar-refractivity contribution in [3.8, 4) is 0 Å². The van der Waals surface area contributed by atoms with Gasteiger partial charge in [-0.05, 0) is 31.4 Å². The molecule has 0 radical (unpaired) electrons. The number of carbonyl (C=O) groups excluding carboxylic acids is 1. The highest BCUT2D eigenvalue weighted by Crippen LogP contribution is 2.12. The van der Waals surface area contributed by atoms with Crippen molar-refractivity contribution in [2.45, 2.75) is 19.8 Å². The lowest BCUT2D eigenvalue weighted by Gasteiger charge is -2.03. The third-order valence-corrected chi connectivity index (χ3v) is 1.65. The number of ketones is 1. The van der Waals surface area contributed by atoms with E-state index in [4.69, 9.17) is 0 Å². The zero-order valence-corrected chi connectivity index (χ0v) is 6.71. The van der Waals surface area contributed by atoms with E-state index >= 15 is 0 Å². The monoisotopic (exact) mass is 148 g/mol. The number of carbonyl (C=O) groups is 1. The Morgan fingerprint density at radius 3 is 3.00 bits per heavy atom. The Bertz CT molecular complexity index is 231. The van der Waals surface area contributed by atoms with Crippen LogP contribution in [0.4, 0.5) is 0 Å². The Kier molecular flexibility index (Phi) is 2.84. The van der Waals surface area contributed by atoms with Crippen LogP contribution in [0.25, 0.3) is 0 Å². The molecule has 0 bridgehead atoms. The molecule has 0 aromatic carbocycles. The first kappa shape index (κ1) is 7.99. The Hall–Kier alpha value is -1.11. The number of hydrogen-bond donors (Lipinski definition) is 0. The molecule has 0 saturated carbocycles. The third-order valence-electron chi connectivity index (χ3n) is 1.65. The van der Waals surface area contributed by atoms with E-state index in [-0.39, 0.29) is 5.78 Å². The first-order valence-corrected chi connectivity index (χ1v) is 3.87. The molecule has 0 heterocycles. The van der Waals surface area contributed by atoms with E-state index in [0.29, 0.717) is 0 Å². The van der Waals surface area contributed by atoms with Crippen LogP contribution in [0.3, 0.4) is 0 Å². The van der Waals surface area contributed by atoms with Crippen LogP contribution in [0.5, 0.6) is 0 Å². The normalized spacial score (nSPS) is 17.0. The molecule has 0 aliphatic heterocycles. The third kappa shape index (κ3) is 2.19. The molecular weight excluding hydrogens is 136 g/mol. The molecule has 0 amide bonds. The summed E-state index contributed by atoms with van der Waals surface area (Å²) < 4.78 is 0. The highest BCUT2D eigenvalue weighted by Gasteiger charge is 2.05.